The molecule has 5 heteroatoms. The molecule has 0 spiro atoms. The average molecular weight is 304 g/mol. The van der Waals surface area contributed by atoms with Crippen LogP contribution in [0.15, 0.2) is 47.3 Å². The summed E-state index contributed by atoms with van der Waals surface area (Å²) in [6.45, 7) is 2.08. The van der Waals surface area contributed by atoms with Crippen molar-refractivity contribution in [3.05, 3.63) is 54.0 Å². The quantitative estimate of drug-likeness (QED) is 0.791. The fourth-order valence-electron chi connectivity index (χ4n) is 2.68. The first-order chi connectivity index (χ1) is 11.3. The molecule has 23 heavy (non-hydrogen) atoms. The van der Waals surface area contributed by atoms with Gasteiger partial charge in [-0.25, -0.2) is 4.98 Å². The number of nitrogens with two attached hydrogens (primary N) is 1. The lowest BCUT2D eigenvalue weighted by Crippen LogP contribution is -2.05. The Morgan fingerprint density at radius 1 is 1.30 bits per heavy atom. The van der Waals surface area contributed by atoms with E-state index in [9.17, 15) is 5.26 Å². The molecular formula is C18H16N4O. The van der Waals surface area contributed by atoms with Crippen molar-refractivity contribution < 1.29 is 4.42 Å². The number of hydrogen-bond donors (Lipinski definition) is 1. The molecule has 0 saturated carbocycles. The summed E-state index contributed by atoms with van der Waals surface area (Å²) in [4.78, 5) is 8.63. The predicted octanol–water partition coefficient (Wildman–Crippen LogP) is 3.81. The van der Waals surface area contributed by atoms with E-state index in [0.717, 1.165) is 35.2 Å². The molecule has 0 aliphatic heterocycles. The van der Waals surface area contributed by atoms with E-state index < -0.39 is 0 Å². The molecule has 0 fully saturated rings. The molecule has 3 aromatic heterocycles. The maximum absolute atomic E-state index is 9.53. The Labute approximate surface area is 134 Å². The molecule has 0 aliphatic carbocycles. The third-order valence-corrected chi connectivity index (χ3v) is 3.64. The van der Waals surface area contributed by atoms with Crippen molar-refractivity contribution in [1.82, 2.24) is 9.97 Å². The Hall–Kier alpha value is -3.13. The largest absolute Gasteiger partial charge is 0.464 e. The minimum Gasteiger partial charge on any atom is -0.464 e. The summed E-state index contributed by atoms with van der Waals surface area (Å²) < 4.78 is 5.54. The van der Waals surface area contributed by atoms with Gasteiger partial charge in [0.2, 0.25) is 0 Å². The van der Waals surface area contributed by atoms with Crippen molar-refractivity contribution in [2.75, 3.05) is 5.73 Å². The lowest BCUT2D eigenvalue weighted by molar-refractivity contribution is 0.581. The number of aromatic nitrogens is 2. The van der Waals surface area contributed by atoms with E-state index >= 15 is 0 Å². The molecule has 0 aromatic carbocycles. The maximum atomic E-state index is 9.53. The van der Waals surface area contributed by atoms with E-state index in [1.165, 1.54) is 0 Å². The first-order valence-electron chi connectivity index (χ1n) is 7.43. The van der Waals surface area contributed by atoms with E-state index in [4.69, 9.17) is 10.2 Å². The van der Waals surface area contributed by atoms with Gasteiger partial charge in [-0.1, -0.05) is 13.3 Å². The summed E-state index contributed by atoms with van der Waals surface area (Å²) in [5, 5.41) is 9.53. The van der Waals surface area contributed by atoms with Crippen LogP contribution < -0.4 is 5.73 Å². The van der Waals surface area contributed by atoms with Crippen LogP contribution in [-0.4, -0.2) is 9.97 Å². The fourth-order valence-corrected chi connectivity index (χ4v) is 2.68. The molecule has 3 aromatic rings. The summed E-state index contributed by atoms with van der Waals surface area (Å²) in [5.74, 6) is 0.835. The first kappa shape index (κ1) is 14.8. The van der Waals surface area contributed by atoms with Crippen LogP contribution in [0.5, 0.6) is 0 Å². The van der Waals surface area contributed by atoms with Crippen LogP contribution in [0, 0.1) is 11.3 Å². The van der Waals surface area contributed by atoms with E-state index in [1.807, 2.05) is 18.2 Å². The molecule has 3 heterocycles. The highest BCUT2D eigenvalue weighted by Gasteiger charge is 2.21. The number of hydrogen-bond acceptors (Lipinski definition) is 5. The zero-order valence-corrected chi connectivity index (χ0v) is 12.8. The molecule has 5 nitrogen and oxygen atoms in total. The average Bonchev–Trinajstić information content (AvgIpc) is 3.10. The Morgan fingerprint density at radius 3 is 2.78 bits per heavy atom. The molecule has 0 atom stereocenters. The van der Waals surface area contributed by atoms with Gasteiger partial charge in [-0.2, -0.15) is 5.26 Å². The van der Waals surface area contributed by atoms with Gasteiger partial charge in [0, 0.05) is 23.5 Å². The number of pyridine rings is 2. The minimum absolute atomic E-state index is 0.206. The van der Waals surface area contributed by atoms with Gasteiger partial charge in [0.25, 0.3) is 0 Å². The molecule has 0 saturated heterocycles. The van der Waals surface area contributed by atoms with Crippen LogP contribution in [0.2, 0.25) is 0 Å². The number of nitrogen functional groups attached to an aromatic ring is 1. The molecule has 114 valence electrons. The molecule has 0 unspecified atom stereocenters. The number of rotatable bonds is 4. The monoisotopic (exact) mass is 304 g/mol. The van der Waals surface area contributed by atoms with E-state index in [-0.39, 0.29) is 5.82 Å². The zero-order chi connectivity index (χ0) is 16.2. The summed E-state index contributed by atoms with van der Waals surface area (Å²) >= 11 is 0. The van der Waals surface area contributed by atoms with Crippen molar-refractivity contribution in [3.8, 4) is 28.7 Å². The smallest absolute Gasteiger partial charge is 0.142 e. The maximum Gasteiger partial charge on any atom is 0.142 e. The Kier molecular flexibility index (Phi) is 4.07. The van der Waals surface area contributed by atoms with Crippen molar-refractivity contribution in [3.63, 3.8) is 0 Å². The number of furan rings is 1. The standard InChI is InChI=1S/C18H16N4O/c1-2-5-13-16(15-7-4-9-23-15)14(10-19)18(20)22-17(13)12-6-3-8-21-11-12/h3-4,6-9,11H,2,5H2,1H3,(H2,20,22). The van der Waals surface area contributed by atoms with Gasteiger partial charge in [0.15, 0.2) is 0 Å². The minimum atomic E-state index is 0.206. The van der Waals surface area contributed by atoms with Crippen molar-refractivity contribution in [2.45, 2.75) is 19.8 Å². The zero-order valence-electron chi connectivity index (χ0n) is 12.8. The van der Waals surface area contributed by atoms with Crippen LogP contribution in [0.4, 0.5) is 5.82 Å². The summed E-state index contributed by atoms with van der Waals surface area (Å²) in [6.07, 6.45) is 6.73. The van der Waals surface area contributed by atoms with Crippen molar-refractivity contribution >= 4 is 5.82 Å². The number of nitrogens with zero attached hydrogens (tertiary/aromatic N) is 3. The van der Waals surface area contributed by atoms with Gasteiger partial charge in [0.1, 0.15) is 23.2 Å². The van der Waals surface area contributed by atoms with Crippen molar-refractivity contribution in [1.29, 1.82) is 5.26 Å². The van der Waals surface area contributed by atoms with Gasteiger partial charge in [-0.05, 0) is 36.2 Å². The van der Waals surface area contributed by atoms with Crippen LogP contribution in [0.3, 0.4) is 0 Å². The van der Waals surface area contributed by atoms with Gasteiger partial charge in [-0.15, -0.1) is 0 Å². The van der Waals surface area contributed by atoms with Crippen LogP contribution >= 0.6 is 0 Å². The molecule has 0 radical (unpaired) electrons. The molecule has 0 aliphatic rings. The van der Waals surface area contributed by atoms with Crippen LogP contribution in [-0.2, 0) is 6.42 Å². The van der Waals surface area contributed by atoms with Crippen LogP contribution in [0.1, 0.15) is 24.5 Å². The van der Waals surface area contributed by atoms with Gasteiger partial charge < -0.3 is 10.2 Å². The van der Waals surface area contributed by atoms with E-state index in [0.29, 0.717) is 11.3 Å². The Balaban J connectivity index is 2.36. The molecule has 2 N–H and O–H groups in total. The highest BCUT2D eigenvalue weighted by molar-refractivity contribution is 5.82. The summed E-state index contributed by atoms with van der Waals surface area (Å²) in [7, 11) is 0. The summed E-state index contributed by atoms with van der Waals surface area (Å²) in [5.41, 5.74) is 9.72. The van der Waals surface area contributed by atoms with E-state index in [2.05, 4.69) is 23.0 Å². The normalized spacial score (nSPS) is 10.4. The third kappa shape index (κ3) is 2.67. The predicted molar refractivity (Wildman–Crippen MR) is 88.3 cm³/mol. The van der Waals surface area contributed by atoms with Crippen molar-refractivity contribution in [2.24, 2.45) is 0 Å². The van der Waals surface area contributed by atoms with Gasteiger partial charge >= 0.3 is 0 Å². The first-order valence-corrected chi connectivity index (χ1v) is 7.43. The van der Waals surface area contributed by atoms with Crippen LogP contribution in [0.25, 0.3) is 22.6 Å². The number of anilines is 1. The fraction of sp³-hybridized carbons (Fsp3) is 0.167. The summed E-state index contributed by atoms with van der Waals surface area (Å²) in [6, 6.07) is 9.59. The third-order valence-electron chi connectivity index (χ3n) is 3.64. The highest BCUT2D eigenvalue weighted by Crippen LogP contribution is 2.37. The lowest BCUT2D eigenvalue weighted by atomic mass is 9.93. The molecule has 0 amide bonds. The van der Waals surface area contributed by atoms with Gasteiger partial charge in [-0.3, -0.25) is 4.98 Å². The SMILES string of the molecule is CCCc1c(-c2cccnc2)nc(N)c(C#N)c1-c1ccco1. The Morgan fingerprint density at radius 2 is 2.17 bits per heavy atom. The van der Waals surface area contributed by atoms with E-state index in [1.54, 1.807) is 24.7 Å². The van der Waals surface area contributed by atoms with Gasteiger partial charge in [0.05, 0.1) is 12.0 Å². The lowest BCUT2D eigenvalue weighted by Gasteiger charge is -2.15. The molecule has 0 bridgehead atoms. The molecular weight excluding hydrogens is 288 g/mol. The Bertz CT molecular complexity index is 849. The second kappa shape index (κ2) is 6.32. The second-order valence-corrected chi connectivity index (χ2v) is 5.16. The highest BCUT2D eigenvalue weighted by atomic mass is 16.3. The second-order valence-electron chi connectivity index (χ2n) is 5.16. The topological polar surface area (TPSA) is 88.7 Å². The molecule has 3 rings (SSSR count). The number of nitriles is 1.